The topological polar surface area (TPSA) is 44.8 Å². The van der Waals surface area contributed by atoms with Gasteiger partial charge in [-0.25, -0.2) is 0 Å². The molecule has 112 valence electrons. The quantitative estimate of drug-likeness (QED) is 0.410. The van der Waals surface area contributed by atoms with Crippen LogP contribution in [0.5, 0.6) is 0 Å². The van der Waals surface area contributed by atoms with Crippen LogP contribution in [0.2, 0.25) is 18.1 Å². The predicted molar refractivity (Wildman–Crippen MR) is 79.7 cm³/mol. The second-order valence-corrected chi connectivity index (χ2v) is 10.9. The molecule has 5 heteroatoms. The highest BCUT2D eigenvalue weighted by Crippen LogP contribution is 2.37. The van der Waals surface area contributed by atoms with Gasteiger partial charge in [0.2, 0.25) is 0 Å². The van der Waals surface area contributed by atoms with Crippen LogP contribution in [-0.2, 0) is 18.7 Å². The average Bonchev–Trinajstić information content (AvgIpc) is 2.27. The first-order valence-corrected chi connectivity index (χ1v) is 9.41. The Kier molecular flexibility index (Phi) is 7.14. The minimum absolute atomic E-state index is 0.0658. The Morgan fingerprint density at radius 2 is 1.63 bits per heavy atom. The zero-order valence-corrected chi connectivity index (χ0v) is 14.4. The highest BCUT2D eigenvalue weighted by molar-refractivity contribution is 6.74. The van der Waals surface area contributed by atoms with Crippen LogP contribution in [0.25, 0.3) is 0 Å². The number of ether oxygens (including phenoxy) is 2. The largest absolute Gasteiger partial charge is 0.407 e. The number of methoxy groups -OCH3 is 2. The van der Waals surface area contributed by atoms with E-state index in [0.29, 0.717) is 0 Å². The van der Waals surface area contributed by atoms with Crippen molar-refractivity contribution in [2.45, 2.75) is 58.2 Å². The van der Waals surface area contributed by atoms with Gasteiger partial charge in [-0.05, 0) is 37.2 Å². The molecular weight excluding hydrogens is 260 g/mol. The fourth-order valence-electron chi connectivity index (χ4n) is 1.24. The Hall–Kier alpha value is -0.493. The molecule has 0 radical (unpaired) electrons. The van der Waals surface area contributed by atoms with E-state index in [9.17, 15) is 4.79 Å². The van der Waals surface area contributed by atoms with Gasteiger partial charge in [-0.1, -0.05) is 20.8 Å². The molecule has 0 aromatic carbocycles. The van der Waals surface area contributed by atoms with E-state index >= 15 is 0 Å². The molecule has 0 N–H and O–H groups in total. The molecule has 0 aromatic rings. The maximum Gasteiger partial charge on any atom is 0.193 e. The van der Waals surface area contributed by atoms with Crippen molar-refractivity contribution in [1.29, 1.82) is 0 Å². The number of carbonyl (C=O) groups excluding carboxylic acids is 1. The van der Waals surface area contributed by atoms with Crippen molar-refractivity contribution < 1.29 is 18.7 Å². The molecule has 19 heavy (non-hydrogen) atoms. The first kappa shape index (κ1) is 18.5. The lowest BCUT2D eigenvalue weighted by Crippen LogP contribution is -2.44. The molecule has 0 bridgehead atoms. The summed E-state index contributed by atoms with van der Waals surface area (Å²) in [6, 6.07) is 0. The van der Waals surface area contributed by atoms with Gasteiger partial charge in [0.15, 0.2) is 20.4 Å². The average molecular weight is 288 g/mol. The Bertz CT molecular complexity index is 314. The van der Waals surface area contributed by atoms with Crippen LogP contribution in [0, 0.1) is 0 Å². The summed E-state index contributed by atoms with van der Waals surface area (Å²) >= 11 is 0. The van der Waals surface area contributed by atoms with Crippen LogP contribution in [0.15, 0.2) is 12.2 Å². The maximum atomic E-state index is 12.0. The smallest absolute Gasteiger partial charge is 0.193 e. The SMILES string of the molecule is COC(/C=C/C(=O)[C@H](C)O[Si](C)(C)C(C)(C)C)OC. The fourth-order valence-corrected chi connectivity index (χ4v) is 2.59. The Morgan fingerprint density at radius 3 is 2.00 bits per heavy atom. The van der Waals surface area contributed by atoms with Crippen molar-refractivity contribution in [1.82, 2.24) is 0 Å². The zero-order chi connectivity index (χ0) is 15.3. The molecule has 1 atom stereocenters. The van der Waals surface area contributed by atoms with Gasteiger partial charge in [-0.15, -0.1) is 0 Å². The van der Waals surface area contributed by atoms with E-state index in [1.54, 1.807) is 13.0 Å². The van der Waals surface area contributed by atoms with Crippen LogP contribution in [0.4, 0.5) is 0 Å². The molecule has 0 aromatic heterocycles. The summed E-state index contributed by atoms with van der Waals surface area (Å²) in [7, 11) is 1.13. The second kappa shape index (κ2) is 7.33. The summed E-state index contributed by atoms with van der Waals surface area (Å²) in [6.45, 7) is 12.5. The summed E-state index contributed by atoms with van der Waals surface area (Å²) < 4.78 is 16.0. The van der Waals surface area contributed by atoms with Gasteiger partial charge in [0.05, 0.1) is 0 Å². The zero-order valence-electron chi connectivity index (χ0n) is 13.4. The van der Waals surface area contributed by atoms with Gasteiger partial charge >= 0.3 is 0 Å². The van der Waals surface area contributed by atoms with Crippen LogP contribution in [0.3, 0.4) is 0 Å². The van der Waals surface area contributed by atoms with Crippen LogP contribution in [-0.4, -0.2) is 40.7 Å². The molecule has 0 aliphatic heterocycles. The molecule has 0 unspecified atom stereocenters. The minimum Gasteiger partial charge on any atom is -0.407 e. The predicted octanol–water partition coefficient (Wildman–Crippen LogP) is 3.14. The highest BCUT2D eigenvalue weighted by atomic mass is 28.4. The number of hydrogen-bond acceptors (Lipinski definition) is 4. The molecule has 0 rings (SSSR count). The van der Waals surface area contributed by atoms with E-state index < -0.39 is 20.7 Å². The van der Waals surface area contributed by atoms with Gasteiger partial charge in [0.1, 0.15) is 6.10 Å². The molecule has 0 aliphatic carbocycles. The molecule has 0 aliphatic rings. The number of carbonyl (C=O) groups is 1. The molecular formula is C14H28O4Si. The molecule has 0 saturated carbocycles. The van der Waals surface area contributed by atoms with Crippen molar-refractivity contribution >= 4 is 14.1 Å². The number of rotatable bonds is 7. The lowest BCUT2D eigenvalue weighted by Gasteiger charge is -2.37. The van der Waals surface area contributed by atoms with Gasteiger partial charge < -0.3 is 13.9 Å². The molecule has 0 saturated heterocycles. The van der Waals surface area contributed by atoms with Crippen LogP contribution < -0.4 is 0 Å². The van der Waals surface area contributed by atoms with E-state index in [-0.39, 0.29) is 10.8 Å². The molecule has 0 fully saturated rings. The van der Waals surface area contributed by atoms with Crippen molar-refractivity contribution in [3.8, 4) is 0 Å². The monoisotopic (exact) mass is 288 g/mol. The Morgan fingerprint density at radius 1 is 1.16 bits per heavy atom. The third-order valence-corrected chi connectivity index (χ3v) is 8.12. The van der Waals surface area contributed by atoms with Gasteiger partial charge in [-0.3, -0.25) is 4.79 Å². The van der Waals surface area contributed by atoms with E-state index in [0.717, 1.165) is 0 Å². The lowest BCUT2D eigenvalue weighted by molar-refractivity contribution is -0.121. The summed E-state index contributed by atoms with van der Waals surface area (Å²) in [4.78, 5) is 12.0. The van der Waals surface area contributed by atoms with E-state index in [1.807, 2.05) is 0 Å². The standard InChI is InChI=1S/C14H28O4Si/c1-11(18-19(7,8)14(2,3)4)12(15)9-10-13(16-5)17-6/h9-11,13H,1-8H3/b10-9+/t11-/m0/s1. The van der Waals surface area contributed by atoms with Crippen LogP contribution >= 0.6 is 0 Å². The maximum absolute atomic E-state index is 12.0. The third kappa shape index (κ3) is 5.99. The minimum atomic E-state index is -1.92. The summed E-state index contributed by atoms with van der Waals surface area (Å²) in [5.74, 6) is -0.0658. The molecule has 0 amide bonds. The van der Waals surface area contributed by atoms with Crippen molar-refractivity contribution in [2.75, 3.05) is 14.2 Å². The summed E-state index contributed by atoms with van der Waals surface area (Å²) in [5.41, 5.74) is 0. The number of hydrogen-bond donors (Lipinski definition) is 0. The Labute approximate surface area is 118 Å². The van der Waals surface area contributed by atoms with Gasteiger partial charge in [0.25, 0.3) is 0 Å². The Balaban J connectivity index is 4.60. The van der Waals surface area contributed by atoms with E-state index in [1.165, 1.54) is 20.3 Å². The van der Waals surface area contributed by atoms with Gasteiger partial charge in [-0.2, -0.15) is 0 Å². The van der Waals surface area contributed by atoms with Crippen molar-refractivity contribution in [2.24, 2.45) is 0 Å². The second-order valence-electron chi connectivity index (χ2n) is 6.12. The van der Waals surface area contributed by atoms with E-state index in [2.05, 4.69) is 33.9 Å². The van der Waals surface area contributed by atoms with Crippen molar-refractivity contribution in [3.05, 3.63) is 12.2 Å². The summed E-state index contributed by atoms with van der Waals surface area (Å²) in [6.07, 6.45) is 2.12. The van der Waals surface area contributed by atoms with Crippen LogP contribution in [0.1, 0.15) is 27.7 Å². The number of ketones is 1. The fraction of sp³-hybridized carbons (Fsp3) is 0.786. The third-order valence-electron chi connectivity index (χ3n) is 3.56. The van der Waals surface area contributed by atoms with Crippen molar-refractivity contribution in [3.63, 3.8) is 0 Å². The van der Waals surface area contributed by atoms with E-state index in [4.69, 9.17) is 13.9 Å². The molecule has 4 nitrogen and oxygen atoms in total. The lowest BCUT2D eigenvalue weighted by atomic mass is 10.2. The first-order chi connectivity index (χ1) is 8.55. The van der Waals surface area contributed by atoms with Gasteiger partial charge in [0, 0.05) is 14.2 Å². The molecule has 0 heterocycles. The first-order valence-electron chi connectivity index (χ1n) is 6.50. The normalized spacial score (nSPS) is 15.2. The molecule has 0 spiro atoms. The highest BCUT2D eigenvalue weighted by Gasteiger charge is 2.39. The summed E-state index contributed by atoms with van der Waals surface area (Å²) in [5, 5.41) is 0.0901.